The third-order valence-electron chi connectivity index (χ3n) is 3.25. The van der Waals surface area contributed by atoms with E-state index in [9.17, 15) is 0 Å². The van der Waals surface area contributed by atoms with Crippen LogP contribution in [0.1, 0.15) is 38.4 Å². The van der Waals surface area contributed by atoms with Gasteiger partial charge in [-0.25, -0.2) is 0 Å². The Labute approximate surface area is 128 Å². The lowest BCUT2D eigenvalue weighted by atomic mass is 10.1. The van der Waals surface area contributed by atoms with Gasteiger partial charge in [-0.15, -0.1) is 0 Å². The van der Waals surface area contributed by atoms with Gasteiger partial charge in [0, 0.05) is 18.7 Å². The molecular weight excluding hydrogens is 266 g/mol. The highest BCUT2D eigenvalue weighted by Gasteiger charge is 2.15. The molecule has 120 valence electrons. The molecule has 4 nitrogen and oxygen atoms in total. The number of likely N-dealkylation sites (N-methyl/N-ethyl adjacent to an activating group) is 1. The predicted octanol–water partition coefficient (Wildman–Crippen LogP) is 3.18. The topological polar surface area (TPSA) is 39.7 Å². The van der Waals surface area contributed by atoms with Gasteiger partial charge in [-0.2, -0.15) is 0 Å². The molecule has 1 atom stereocenters. The highest BCUT2D eigenvalue weighted by molar-refractivity contribution is 5.35. The first-order chi connectivity index (χ1) is 10.3. The summed E-state index contributed by atoms with van der Waals surface area (Å²) in [5.74, 6) is 0.868. The van der Waals surface area contributed by atoms with E-state index in [1.807, 2.05) is 18.2 Å². The second-order valence-corrected chi connectivity index (χ2v) is 4.87. The molecule has 0 bridgehead atoms. The molecule has 0 aliphatic carbocycles. The molecule has 0 fully saturated rings. The lowest BCUT2D eigenvalue weighted by Gasteiger charge is -2.21. The molecule has 1 unspecified atom stereocenters. The number of methoxy groups -OCH3 is 1. The number of ether oxygens (including phenoxy) is 3. The van der Waals surface area contributed by atoms with Gasteiger partial charge in [0.05, 0.1) is 26.4 Å². The van der Waals surface area contributed by atoms with Gasteiger partial charge in [0.15, 0.2) is 0 Å². The Bertz CT molecular complexity index is 371. The molecule has 1 N–H and O–H groups in total. The van der Waals surface area contributed by atoms with Crippen molar-refractivity contribution in [2.24, 2.45) is 0 Å². The van der Waals surface area contributed by atoms with Gasteiger partial charge in [-0.1, -0.05) is 38.5 Å². The minimum atomic E-state index is -0.0177. The maximum Gasteiger partial charge on any atom is 0.124 e. The van der Waals surface area contributed by atoms with Crippen LogP contribution in [0.25, 0.3) is 0 Å². The van der Waals surface area contributed by atoms with E-state index in [-0.39, 0.29) is 6.10 Å². The lowest BCUT2D eigenvalue weighted by Crippen LogP contribution is -2.24. The van der Waals surface area contributed by atoms with E-state index < -0.39 is 0 Å². The van der Waals surface area contributed by atoms with Gasteiger partial charge >= 0.3 is 0 Å². The van der Waals surface area contributed by atoms with E-state index in [2.05, 4.69) is 25.2 Å². The first-order valence-electron chi connectivity index (χ1n) is 7.86. The molecule has 0 spiro atoms. The standard InChI is InChI=1S/C17H29NO3/c1-4-6-11-20-12-13-21-17(14-18-5-2)15-9-7-8-10-16(15)19-3/h7-10,17-18H,4-6,11-14H2,1-3H3. The summed E-state index contributed by atoms with van der Waals surface area (Å²) in [6.07, 6.45) is 2.24. The van der Waals surface area contributed by atoms with Gasteiger partial charge in [0.25, 0.3) is 0 Å². The summed E-state index contributed by atoms with van der Waals surface area (Å²) in [6, 6.07) is 8.01. The van der Waals surface area contributed by atoms with Gasteiger partial charge in [-0.3, -0.25) is 0 Å². The minimum absolute atomic E-state index is 0.0177. The summed E-state index contributed by atoms with van der Waals surface area (Å²) in [5.41, 5.74) is 1.08. The summed E-state index contributed by atoms with van der Waals surface area (Å²) in [7, 11) is 1.69. The van der Waals surface area contributed by atoms with Crippen molar-refractivity contribution in [3.05, 3.63) is 29.8 Å². The molecule has 0 aliphatic rings. The Balaban J connectivity index is 2.51. The van der Waals surface area contributed by atoms with E-state index in [4.69, 9.17) is 14.2 Å². The molecule has 0 aliphatic heterocycles. The number of hydrogen-bond acceptors (Lipinski definition) is 4. The van der Waals surface area contributed by atoms with Crippen LogP contribution in [0.2, 0.25) is 0 Å². The van der Waals surface area contributed by atoms with Gasteiger partial charge in [-0.05, 0) is 19.0 Å². The van der Waals surface area contributed by atoms with Crippen molar-refractivity contribution in [3.8, 4) is 5.75 Å². The van der Waals surface area contributed by atoms with E-state index in [0.717, 1.165) is 43.9 Å². The first-order valence-corrected chi connectivity index (χ1v) is 7.86. The SMILES string of the molecule is CCCCOCCOC(CNCC)c1ccccc1OC. The molecule has 0 saturated heterocycles. The van der Waals surface area contributed by atoms with Crippen LogP contribution in [0.5, 0.6) is 5.75 Å². The van der Waals surface area contributed by atoms with Crippen LogP contribution in [0, 0.1) is 0 Å². The third kappa shape index (κ3) is 6.93. The Kier molecular flexibility index (Phi) is 9.87. The number of benzene rings is 1. The molecule has 21 heavy (non-hydrogen) atoms. The Hall–Kier alpha value is -1.10. The summed E-state index contributed by atoms with van der Waals surface area (Å²) >= 11 is 0. The second kappa shape index (κ2) is 11.5. The molecule has 0 aromatic heterocycles. The molecule has 0 heterocycles. The fourth-order valence-electron chi connectivity index (χ4n) is 2.06. The summed E-state index contributed by atoms with van der Waals surface area (Å²) in [4.78, 5) is 0. The molecular formula is C17H29NO3. The molecule has 1 rings (SSSR count). The van der Waals surface area contributed by atoms with Crippen LogP contribution in [0.3, 0.4) is 0 Å². The highest BCUT2D eigenvalue weighted by Crippen LogP contribution is 2.26. The lowest BCUT2D eigenvalue weighted by molar-refractivity contribution is 0.00294. The zero-order valence-corrected chi connectivity index (χ0v) is 13.6. The van der Waals surface area contributed by atoms with Crippen molar-refractivity contribution in [2.45, 2.75) is 32.8 Å². The van der Waals surface area contributed by atoms with Crippen LogP contribution in [0.15, 0.2) is 24.3 Å². The molecule has 0 radical (unpaired) electrons. The van der Waals surface area contributed by atoms with E-state index in [1.54, 1.807) is 7.11 Å². The number of rotatable bonds is 12. The average molecular weight is 295 g/mol. The minimum Gasteiger partial charge on any atom is -0.496 e. The fraction of sp³-hybridized carbons (Fsp3) is 0.647. The maximum absolute atomic E-state index is 5.99. The Morgan fingerprint density at radius 2 is 1.90 bits per heavy atom. The largest absolute Gasteiger partial charge is 0.496 e. The zero-order chi connectivity index (χ0) is 15.3. The van der Waals surface area contributed by atoms with Gasteiger partial charge < -0.3 is 19.5 Å². The molecule has 0 saturated carbocycles. The van der Waals surface area contributed by atoms with Crippen LogP contribution >= 0.6 is 0 Å². The van der Waals surface area contributed by atoms with Crippen LogP contribution in [-0.4, -0.2) is 40.0 Å². The molecule has 4 heteroatoms. The normalized spacial score (nSPS) is 12.3. The molecule has 0 amide bonds. The molecule has 1 aromatic rings. The Morgan fingerprint density at radius 1 is 1.10 bits per heavy atom. The van der Waals surface area contributed by atoms with E-state index in [0.29, 0.717) is 13.2 Å². The highest BCUT2D eigenvalue weighted by atomic mass is 16.5. The van der Waals surface area contributed by atoms with Gasteiger partial charge in [0.1, 0.15) is 5.75 Å². The van der Waals surface area contributed by atoms with Crippen molar-refractivity contribution in [1.29, 1.82) is 0 Å². The smallest absolute Gasteiger partial charge is 0.124 e. The van der Waals surface area contributed by atoms with Crippen molar-refractivity contribution in [1.82, 2.24) is 5.32 Å². The van der Waals surface area contributed by atoms with Crippen LogP contribution in [-0.2, 0) is 9.47 Å². The Morgan fingerprint density at radius 3 is 2.62 bits per heavy atom. The number of nitrogens with one attached hydrogen (secondary N) is 1. The van der Waals surface area contributed by atoms with Crippen molar-refractivity contribution < 1.29 is 14.2 Å². The van der Waals surface area contributed by atoms with Crippen molar-refractivity contribution in [3.63, 3.8) is 0 Å². The van der Waals surface area contributed by atoms with Crippen LogP contribution < -0.4 is 10.1 Å². The first kappa shape index (κ1) is 18.0. The fourth-order valence-corrected chi connectivity index (χ4v) is 2.06. The number of unbranched alkanes of at least 4 members (excludes halogenated alkanes) is 1. The third-order valence-corrected chi connectivity index (χ3v) is 3.25. The quantitative estimate of drug-likeness (QED) is 0.601. The van der Waals surface area contributed by atoms with Crippen LogP contribution in [0.4, 0.5) is 0 Å². The summed E-state index contributed by atoms with van der Waals surface area (Å²) < 4.78 is 17.0. The molecule has 1 aromatic carbocycles. The predicted molar refractivity (Wildman–Crippen MR) is 86.0 cm³/mol. The zero-order valence-electron chi connectivity index (χ0n) is 13.6. The van der Waals surface area contributed by atoms with Crippen molar-refractivity contribution >= 4 is 0 Å². The van der Waals surface area contributed by atoms with E-state index >= 15 is 0 Å². The second-order valence-electron chi connectivity index (χ2n) is 4.87. The van der Waals surface area contributed by atoms with Gasteiger partial charge in [0.2, 0.25) is 0 Å². The summed E-state index contributed by atoms with van der Waals surface area (Å²) in [5, 5.41) is 3.34. The maximum atomic E-state index is 5.99. The monoisotopic (exact) mass is 295 g/mol. The number of para-hydroxylation sites is 1. The summed E-state index contributed by atoms with van der Waals surface area (Å²) in [6.45, 7) is 7.98. The average Bonchev–Trinajstić information content (AvgIpc) is 2.53. The van der Waals surface area contributed by atoms with Crippen molar-refractivity contribution in [2.75, 3.05) is 40.0 Å². The van der Waals surface area contributed by atoms with E-state index in [1.165, 1.54) is 0 Å². The number of hydrogen-bond donors (Lipinski definition) is 1.